The SMILES string of the molecule is CCCNCCCCC(NC(=O)CCCCCNC(=O)CCCCCNC(=O)OCC1c2ccccc2-c2ccccc21)C(=O)NC(CCCCNCCC)C(=O)NC(CCCCNCCC)C(=O)NC(CCCCNCCC)C(=O)NC(CCCCNCCC)C(=O)NCCCCCC(=O)NCC. The number of benzene rings is 2. The Balaban J connectivity index is 1.69. The van der Waals surface area contributed by atoms with Gasteiger partial charge in [-0.1, -0.05) is 102 Å². The highest BCUT2D eigenvalue weighted by Crippen LogP contribution is 2.44. The fraction of sp³-hybridized carbons (Fsp3) is 0.738. The summed E-state index contributed by atoms with van der Waals surface area (Å²) in [7, 11) is 0. The van der Waals surface area contributed by atoms with Gasteiger partial charge in [-0.15, -0.1) is 0 Å². The van der Waals surface area contributed by atoms with Crippen LogP contribution in [0.5, 0.6) is 0 Å². The zero-order valence-electron chi connectivity index (χ0n) is 64.9. The maximum absolute atomic E-state index is 14.9. The number of rotatable bonds is 66. The van der Waals surface area contributed by atoms with E-state index in [-0.39, 0.29) is 61.8 Å². The molecular formula is C80H140N14O10. The summed E-state index contributed by atoms with van der Waals surface area (Å²) in [6, 6.07) is 11.5. The number of unbranched alkanes of at least 4 members (excludes halogenated alkanes) is 11. The number of amides is 9. The summed E-state index contributed by atoms with van der Waals surface area (Å²) in [4.78, 5) is 124. The summed E-state index contributed by atoms with van der Waals surface area (Å²) in [5.41, 5.74) is 4.67. The van der Waals surface area contributed by atoms with Crippen LogP contribution in [0.4, 0.5) is 4.79 Å². The van der Waals surface area contributed by atoms with Crippen molar-refractivity contribution in [1.29, 1.82) is 0 Å². The van der Waals surface area contributed by atoms with Crippen LogP contribution in [0.1, 0.15) is 264 Å². The van der Waals surface area contributed by atoms with Crippen LogP contribution in [0.3, 0.4) is 0 Å². The van der Waals surface area contributed by atoms with E-state index in [1.165, 1.54) is 11.1 Å². The minimum Gasteiger partial charge on any atom is -0.449 e. The summed E-state index contributed by atoms with van der Waals surface area (Å²) in [5, 5.41) is 43.9. The second-order valence-electron chi connectivity index (χ2n) is 27.9. The first-order valence-electron chi connectivity index (χ1n) is 40.7. The second kappa shape index (κ2) is 60.4. The Hall–Kier alpha value is -6.73. The monoisotopic (exact) mass is 1460 g/mol. The molecule has 0 aliphatic heterocycles. The molecule has 1 aliphatic rings. The number of nitrogens with one attached hydrogen (secondary N) is 14. The Labute approximate surface area is 625 Å². The van der Waals surface area contributed by atoms with Crippen LogP contribution in [0, 0.1) is 0 Å². The van der Waals surface area contributed by atoms with Crippen LogP contribution in [0.25, 0.3) is 11.1 Å². The molecule has 24 heteroatoms. The molecule has 2 aromatic carbocycles. The predicted octanol–water partition coefficient (Wildman–Crippen LogP) is 8.85. The molecule has 590 valence electrons. The van der Waals surface area contributed by atoms with Crippen LogP contribution in [-0.2, 0) is 43.1 Å². The number of hydrogen-bond acceptors (Lipinski definition) is 15. The molecule has 0 spiro atoms. The minimum atomic E-state index is -1.08. The lowest BCUT2D eigenvalue weighted by atomic mass is 9.98. The topological polar surface area (TPSA) is 331 Å². The van der Waals surface area contributed by atoms with Crippen molar-refractivity contribution in [2.75, 3.05) is 98.2 Å². The van der Waals surface area contributed by atoms with Crippen molar-refractivity contribution in [2.45, 2.75) is 283 Å². The van der Waals surface area contributed by atoms with Gasteiger partial charge < -0.3 is 79.2 Å². The van der Waals surface area contributed by atoms with E-state index in [9.17, 15) is 43.2 Å². The highest BCUT2D eigenvalue weighted by atomic mass is 16.5. The molecule has 9 amide bonds. The second-order valence-corrected chi connectivity index (χ2v) is 27.9. The van der Waals surface area contributed by atoms with E-state index in [0.29, 0.717) is 135 Å². The van der Waals surface area contributed by atoms with Gasteiger partial charge in [0.1, 0.15) is 36.8 Å². The molecular weight excluding hydrogens is 1320 g/mol. The van der Waals surface area contributed by atoms with Crippen LogP contribution in [-0.4, -0.2) is 182 Å². The molecule has 2 aromatic rings. The third-order valence-corrected chi connectivity index (χ3v) is 18.6. The quantitative estimate of drug-likeness (QED) is 0.0275. The van der Waals surface area contributed by atoms with Crippen molar-refractivity contribution < 1.29 is 47.9 Å². The van der Waals surface area contributed by atoms with E-state index in [1.807, 2.05) is 31.2 Å². The van der Waals surface area contributed by atoms with E-state index < -0.39 is 59.9 Å². The molecule has 24 nitrogen and oxygen atoms in total. The van der Waals surface area contributed by atoms with Gasteiger partial charge in [0.2, 0.25) is 47.3 Å². The maximum atomic E-state index is 14.9. The van der Waals surface area contributed by atoms with Crippen molar-refractivity contribution >= 4 is 53.4 Å². The average molecular weight is 1460 g/mol. The van der Waals surface area contributed by atoms with Crippen LogP contribution >= 0.6 is 0 Å². The van der Waals surface area contributed by atoms with Gasteiger partial charge in [-0.2, -0.15) is 0 Å². The van der Waals surface area contributed by atoms with Crippen LogP contribution in [0.2, 0.25) is 0 Å². The lowest BCUT2D eigenvalue weighted by Crippen LogP contribution is -2.59. The molecule has 0 fully saturated rings. The number of hydrogen-bond donors (Lipinski definition) is 14. The normalized spacial score (nSPS) is 13.1. The highest BCUT2D eigenvalue weighted by Gasteiger charge is 2.34. The molecule has 0 bridgehead atoms. The van der Waals surface area contributed by atoms with Crippen molar-refractivity contribution in [3.05, 3.63) is 59.7 Å². The number of fused-ring (bicyclic) bond motifs is 3. The molecule has 104 heavy (non-hydrogen) atoms. The Morgan fingerprint density at radius 2 is 0.615 bits per heavy atom. The third kappa shape index (κ3) is 41.8. The van der Waals surface area contributed by atoms with Crippen molar-refractivity contribution in [3.63, 3.8) is 0 Å². The van der Waals surface area contributed by atoms with Crippen molar-refractivity contribution in [1.82, 2.24) is 74.4 Å². The fourth-order valence-corrected chi connectivity index (χ4v) is 12.7. The Morgan fingerprint density at radius 3 is 0.981 bits per heavy atom. The molecule has 0 saturated heterocycles. The first-order chi connectivity index (χ1) is 50.7. The molecule has 5 atom stereocenters. The molecule has 1 aliphatic carbocycles. The molecule has 0 aromatic heterocycles. The Morgan fingerprint density at radius 1 is 0.308 bits per heavy atom. The zero-order valence-corrected chi connectivity index (χ0v) is 64.9. The summed E-state index contributed by atoms with van der Waals surface area (Å²) in [5.74, 6) is -2.71. The summed E-state index contributed by atoms with van der Waals surface area (Å²) < 4.78 is 5.66. The third-order valence-electron chi connectivity index (χ3n) is 18.6. The zero-order chi connectivity index (χ0) is 75.5. The van der Waals surface area contributed by atoms with Crippen molar-refractivity contribution in [2.24, 2.45) is 0 Å². The Bertz CT molecular complexity index is 2640. The van der Waals surface area contributed by atoms with Gasteiger partial charge in [-0.05, 0) is 262 Å². The lowest BCUT2D eigenvalue weighted by Gasteiger charge is -2.27. The van der Waals surface area contributed by atoms with Gasteiger partial charge in [0.25, 0.3) is 0 Å². The first kappa shape index (κ1) is 91.5. The van der Waals surface area contributed by atoms with Gasteiger partial charge in [-0.25, -0.2) is 4.79 Å². The molecule has 0 radical (unpaired) electrons. The summed E-state index contributed by atoms with van der Waals surface area (Å²) in [6.45, 7) is 22.5. The Kier molecular flexibility index (Phi) is 53.1. The van der Waals surface area contributed by atoms with Crippen LogP contribution in [0.15, 0.2) is 48.5 Å². The van der Waals surface area contributed by atoms with E-state index in [2.05, 4.69) is 133 Å². The number of ether oxygens (including phenoxy) is 1. The predicted molar refractivity (Wildman–Crippen MR) is 418 cm³/mol. The van der Waals surface area contributed by atoms with Gasteiger partial charge in [0.05, 0.1) is 0 Å². The average Bonchev–Trinajstić information content (AvgIpc) is 1.62. The number of carbonyl (C=O) groups is 9. The fourth-order valence-electron chi connectivity index (χ4n) is 12.7. The summed E-state index contributed by atoms with van der Waals surface area (Å²) >= 11 is 0. The summed E-state index contributed by atoms with van der Waals surface area (Å²) in [6.07, 6.45) is 19.9. The van der Waals surface area contributed by atoms with Gasteiger partial charge in [0, 0.05) is 51.4 Å². The molecule has 0 saturated carbocycles. The largest absolute Gasteiger partial charge is 0.449 e. The lowest BCUT2D eigenvalue weighted by molar-refractivity contribution is -0.135. The van der Waals surface area contributed by atoms with Gasteiger partial charge >= 0.3 is 6.09 Å². The van der Waals surface area contributed by atoms with E-state index in [0.717, 1.165) is 147 Å². The maximum Gasteiger partial charge on any atom is 0.407 e. The van der Waals surface area contributed by atoms with Gasteiger partial charge in [0.15, 0.2) is 0 Å². The van der Waals surface area contributed by atoms with Crippen LogP contribution < -0.4 is 74.4 Å². The van der Waals surface area contributed by atoms with E-state index >= 15 is 0 Å². The smallest absolute Gasteiger partial charge is 0.407 e. The molecule has 5 unspecified atom stereocenters. The molecule has 14 N–H and O–H groups in total. The number of carbonyl (C=O) groups excluding carboxylic acids is 9. The minimum absolute atomic E-state index is 0.00306. The van der Waals surface area contributed by atoms with E-state index in [1.54, 1.807) is 0 Å². The first-order valence-corrected chi connectivity index (χ1v) is 40.7. The van der Waals surface area contributed by atoms with Crippen molar-refractivity contribution in [3.8, 4) is 11.1 Å². The molecule has 0 heterocycles. The van der Waals surface area contributed by atoms with E-state index in [4.69, 9.17) is 4.74 Å². The number of alkyl carbamates (subject to hydrolysis) is 1. The van der Waals surface area contributed by atoms with Gasteiger partial charge in [-0.3, -0.25) is 38.4 Å². The highest BCUT2D eigenvalue weighted by molar-refractivity contribution is 5.96. The molecule has 3 rings (SSSR count). The standard InChI is InChI=1S/C80H140N14O10/c1-7-48-81-53-31-23-40-67(75(98)88-59-29-13-16-45-72(95)86-12-6)91-77(100)69(42-25-33-55-83-50-9-3)93-79(102)71(44-27-35-57-85-52-11-5)94-78(101)70(43-26-34-56-84-51-10-4)92-76(99)68(41-24-32-54-82-49-8-2)90-74(97)47-18-15-28-58-87-73(96)46-17-14-30-60-89-80(103)104-61-66-64-38-21-19-36-62(64)63-37-20-22-39-65(63)66/h19-22,36-39,66-71,81-85H,7-18,23-35,40-61H2,1-6H3,(H,86,95)(H,87,96)(H,88,98)(H,89,103)(H,90,97)(H,91,100)(H,92,99)(H,93,102)(H,94,101).